The van der Waals surface area contributed by atoms with E-state index in [-0.39, 0.29) is 0 Å². The zero-order valence-electron chi connectivity index (χ0n) is 13.9. The lowest BCUT2D eigenvalue weighted by atomic mass is 10.2. The fourth-order valence-electron chi connectivity index (χ4n) is 2.33. The molecule has 0 N–H and O–H groups in total. The van der Waals surface area contributed by atoms with Crippen LogP contribution in [0.5, 0.6) is 5.75 Å². The summed E-state index contributed by atoms with van der Waals surface area (Å²) < 4.78 is 6.40. The SMILES string of the molecule is CCN(CC)Cc1ccccc1OP(C(C)C)C(C)C. The minimum Gasteiger partial charge on any atom is -0.473 e. The van der Waals surface area contributed by atoms with Gasteiger partial charge in [-0.3, -0.25) is 4.90 Å². The van der Waals surface area contributed by atoms with Crippen LogP contribution in [0.15, 0.2) is 24.3 Å². The molecule has 0 saturated carbocycles. The fourth-order valence-corrected chi connectivity index (χ4v) is 4.35. The summed E-state index contributed by atoms with van der Waals surface area (Å²) in [5.41, 5.74) is 2.49. The third kappa shape index (κ3) is 5.07. The number of rotatable bonds is 8. The standard InChI is InChI=1S/C17H30NOP/c1-7-18(8-2)13-16-11-9-10-12-17(16)19-20(14(3)4)15(5)6/h9-12,14-15H,7-8,13H2,1-6H3. The lowest BCUT2D eigenvalue weighted by Gasteiger charge is -2.27. The Morgan fingerprint density at radius 1 is 1.00 bits per heavy atom. The van der Waals surface area contributed by atoms with Crippen molar-refractivity contribution in [1.82, 2.24) is 4.90 Å². The first-order valence-electron chi connectivity index (χ1n) is 7.76. The molecule has 3 heteroatoms. The molecule has 0 radical (unpaired) electrons. The van der Waals surface area contributed by atoms with Crippen LogP contribution in [-0.4, -0.2) is 29.3 Å². The molecule has 0 spiro atoms. The van der Waals surface area contributed by atoms with Crippen LogP contribution in [0.3, 0.4) is 0 Å². The molecular weight excluding hydrogens is 265 g/mol. The van der Waals surface area contributed by atoms with Crippen molar-refractivity contribution < 1.29 is 4.52 Å². The second-order valence-electron chi connectivity index (χ2n) is 5.71. The molecule has 0 aliphatic heterocycles. The Bertz CT molecular complexity index is 380. The van der Waals surface area contributed by atoms with E-state index in [9.17, 15) is 0 Å². The molecule has 0 aliphatic carbocycles. The van der Waals surface area contributed by atoms with Crippen molar-refractivity contribution in [1.29, 1.82) is 0 Å². The molecule has 0 amide bonds. The third-order valence-electron chi connectivity index (χ3n) is 3.48. The summed E-state index contributed by atoms with van der Waals surface area (Å²) in [6, 6.07) is 8.51. The first-order valence-corrected chi connectivity index (χ1v) is 9.15. The largest absolute Gasteiger partial charge is 0.473 e. The summed E-state index contributed by atoms with van der Waals surface area (Å²) in [6.07, 6.45) is 0. The van der Waals surface area contributed by atoms with Gasteiger partial charge in [-0.15, -0.1) is 0 Å². The van der Waals surface area contributed by atoms with Crippen LogP contribution >= 0.6 is 8.15 Å². The van der Waals surface area contributed by atoms with Crippen LogP contribution in [0.25, 0.3) is 0 Å². The molecule has 0 aromatic heterocycles. The van der Waals surface area contributed by atoms with Crippen molar-refractivity contribution in [3.05, 3.63) is 29.8 Å². The molecule has 0 unspecified atom stereocenters. The van der Waals surface area contributed by atoms with E-state index >= 15 is 0 Å². The van der Waals surface area contributed by atoms with E-state index in [0.717, 1.165) is 25.4 Å². The highest BCUT2D eigenvalue weighted by Crippen LogP contribution is 2.47. The molecule has 0 fully saturated rings. The second kappa shape index (κ2) is 8.64. The van der Waals surface area contributed by atoms with Crippen LogP contribution in [-0.2, 0) is 6.54 Å². The minimum absolute atomic E-state index is 0.423. The van der Waals surface area contributed by atoms with E-state index in [0.29, 0.717) is 11.3 Å². The molecule has 0 heterocycles. The Hall–Kier alpha value is -0.590. The molecule has 20 heavy (non-hydrogen) atoms. The lowest BCUT2D eigenvalue weighted by Crippen LogP contribution is -2.22. The summed E-state index contributed by atoms with van der Waals surface area (Å²) >= 11 is 0. The number of hydrogen-bond acceptors (Lipinski definition) is 2. The molecule has 114 valence electrons. The van der Waals surface area contributed by atoms with Crippen molar-refractivity contribution >= 4 is 8.15 Å². The minimum atomic E-state index is -0.423. The van der Waals surface area contributed by atoms with Gasteiger partial charge in [-0.1, -0.05) is 59.7 Å². The van der Waals surface area contributed by atoms with E-state index in [2.05, 4.69) is 70.7 Å². The molecule has 2 nitrogen and oxygen atoms in total. The van der Waals surface area contributed by atoms with Crippen molar-refractivity contribution in [3.63, 3.8) is 0 Å². The molecule has 1 aromatic rings. The summed E-state index contributed by atoms with van der Waals surface area (Å²) in [5, 5.41) is 0. The first-order chi connectivity index (χ1) is 9.49. The van der Waals surface area contributed by atoms with Crippen LogP contribution in [0.2, 0.25) is 0 Å². The van der Waals surface area contributed by atoms with Crippen LogP contribution < -0.4 is 4.52 Å². The van der Waals surface area contributed by atoms with Gasteiger partial charge in [0.15, 0.2) is 0 Å². The molecular formula is C17H30NOP. The van der Waals surface area contributed by atoms with E-state index < -0.39 is 8.15 Å². The number of hydrogen-bond donors (Lipinski definition) is 0. The van der Waals surface area contributed by atoms with Gasteiger partial charge >= 0.3 is 0 Å². The maximum atomic E-state index is 6.40. The zero-order valence-corrected chi connectivity index (χ0v) is 14.8. The quantitative estimate of drug-likeness (QED) is 0.617. The van der Waals surface area contributed by atoms with Gasteiger partial charge in [0.2, 0.25) is 0 Å². The zero-order chi connectivity index (χ0) is 15.1. The van der Waals surface area contributed by atoms with Gasteiger partial charge in [0.25, 0.3) is 0 Å². The maximum absolute atomic E-state index is 6.40. The van der Waals surface area contributed by atoms with E-state index in [1.807, 2.05) is 0 Å². The predicted molar refractivity (Wildman–Crippen MR) is 90.9 cm³/mol. The highest BCUT2D eigenvalue weighted by atomic mass is 31.1. The van der Waals surface area contributed by atoms with E-state index in [4.69, 9.17) is 4.52 Å². The highest BCUT2D eigenvalue weighted by molar-refractivity contribution is 7.54. The van der Waals surface area contributed by atoms with Crippen LogP contribution in [0, 0.1) is 0 Å². The van der Waals surface area contributed by atoms with Crippen LogP contribution in [0.1, 0.15) is 47.1 Å². The third-order valence-corrected chi connectivity index (χ3v) is 5.93. The topological polar surface area (TPSA) is 12.5 Å². The maximum Gasteiger partial charge on any atom is 0.127 e. The van der Waals surface area contributed by atoms with E-state index in [1.54, 1.807) is 0 Å². The number of benzene rings is 1. The van der Waals surface area contributed by atoms with Crippen LogP contribution in [0.4, 0.5) is 0 Å². The molecule has 1 aromatic carbocycles. The molecule has 0 aliphatic rings. The fraction of sp³-hybridized carbons (Fsp3) is 0.647. The Labute approximate surface area is 126 Å². The van der Waals surface area contributed by atoms with Gasteiger partial charge in [-0.2, -0.15) is 0 Å². The van der Waals surface area contributed by atoms with E-state index in [1.165, 1.54) is 5.56 Å². The average Bonchev–Trinajstić information content (AvgIpc) is 2.42. The second-order valence-corrected chi connectivity index (χ2v) is 8.68. The summed E-state index contributed by atoms with van der Waals surface area (Å²) in [4.78, 5) is 2.43. The molecule has 1 rings (SSSR count). The normalized spacial score (nSPS) is 11.9. The predicted octanol–water partition coefficient (Wildman–Crippen LogP) is 5.12. The Balaban J connectivity index is 2.89. The number of nitrogens with zero attached hydrogens (tertiary/aromatic N) is 1. The smallest absolute Gasteiger partial charge is 0.127 e. The lowest BCUT2D eigenvalue weighted by molar-refractivity contribution is 0.293. The van der Waals surface area contributed by atoms with Gasteiger partial charge in [-0.25, -0.2) is 0 Å². The molecule has 0 saturated heterocycles. The van der Waals surface area contributed by atoms with Gasteiger partial charge in [0, 0.05) is 23.4 Å². The molecule has 0 bridgehead atoms. The van der Waals surface area contributed by atoms with Crippen molar-refractivity contribution in [2.75, 3.05) is 13.1 Å². The van der Waals surface area contributed by atoms with Crippen molar-refractivity contribution in [3.8, 4) is 5.75 Å². The average molecular weight is 295 g/mol. The van der Waals surface area contributed by atoms with Gasteiger partial charge in [0.1, 0.15) is 5.75 Å². The highest BCUT2D eigenvalue weighted by Gasteiger charge is 2.21. The van der Waals surface area contributed by atoms with Crippen molar-refractivity contribution in [2.24, 2.45) is 0 Å². The first kappa shape index (κ1) is 17.5. The van der Waals surface area contributed by atoms with Gasteiger partial charge in [0.05, 0.1) is 8.15 Å². The Kier molecular flexibility index (Phi) is 7.55. The summed E-state index contributed by atoms with van der Waals surface area (Å²) in [6.45, 7) is 16.6. The summed E-state index contributed by atoms with van der Waals surface area (Å²) in [5.74, 6) is 1.08. The van der Waals surface area contributed by atoms with Crippen molar-refractivity contribution in [2.45, 2.75) is 59.4 Å². The number of para-hydroxylation sites is 1. The Morgan fingerprint density at radius 3 is 2.05 bits per heavy atom. The monoisotopic (exact) mass is 295 g/mol. The Morgan fingerprint density at radius 2 is 1.55 bits per heavy atom. The molecule has 0 atom stereocenters. The van der Waals surface area contributed by atoms with Gasteiger partial charge in [-0.05, 0) is 19.2 Å². The van der Waals surface area contributed by atoms with Gasteiger partial charge < -0.3 is 4.52 Å². The summed E-state index contributed by atoms with van der Waals surface area (Å²) in [7, 11) is -0.423.